The Bertz CT molecular complexity index is 1090. The first kappa shape index (κ1) is 18.6. The molecule has 2 aromatic carbocycles. The van der Waals surface area contributed by atoms with Crippen LogP contribution in [0, 0.1) is 5.82 Å². The van der Waals surface area contributed by atoms with Crippen LogP contribution in [0.25, 0.3) is 10.8 Å². The number of nitrogens with zero attached hydrogens (tertiary/aromatic N) is 2. The number of nitrogens with one attached hydrogen (secondary N) is 1. The fourth-order valence-electron chi connectivity index (χ4n) is 2.97. The van der Waals surface area contributed by atoms with Gasteiger partial charge in [0.2, 0.25) is 5.91 Å². The van der Waals surface area contributed by atoms with Gasteiger partial charge in [-0.25, -0.2) is 9.07 Å². The number of aryl methyl sites for hydroxylation is 1. The fourth-order valence-corrected chi connectivity index (χ4v) is 2.97. The van der Waals surface area contributed by atoms with Gasteiger partial charge in [-0.15, -0.1) is 0 Å². The van der Waals surface area contributed by atoms with Gasteiger partial charge in [0.15, 0.2) is 0 Å². The second kappa shape index (κ2) is 7.57. The van der Waals surface area contributed by atoms with Gasteiger partial charge < -0.3 is 4.90 Å². The molecule has 27 heavy (non-hydrogen) atoms. The third-order valence-electron chi connectivity index (χ3n) is 4.76. The molecule has 0 spiro atoms. The molecule has 1 unspecified atom stereocenters. The topological polar surface area (TPSA) is 75.2 Å². The highest BCUT2D eigenvalue weighted by molar-refractivity contribution is 5.80. The predicted octanol–water partition coefficient (Wildman–Crippen LogP) is 2.44. The number of aromatic nitrogens is 2. The summed E-state index contributed by atoms with van der Waals surface area (Å²) >= 11 is 0. The second-order valence-corrected chi connectivity index (χ2v) is 6.43. The van der Waals surface area contributed by atoms with Crippen LogP contribution in [-0.2, 0) is 11.3 Å². The van der Waals surface area contributed by atoms with E-state index in [-0.39, 0.29) is 41.9 Å². The molecule has 0 radical (unpaired) electrons. The lowest BCUT2D eigenvalue weighted by Crippen LogP contribution is -2.34. The number of hydrogen-bond donors (Lipinski definition) is 1. The molecular weight excluding hydrogens is 349 g/mol. The number of carbonyl (C=O) groups is 1. The van der Waals surface area contributed by atoms with Gasteiger partial charge >= 0.3 is 0 Å². The maximum absolute atomic E-state index is 13.1. The normalized spacial score (nSPS) is 12.1. The van der Waals surface area contributed by atoms with Crippen molar-refractivity contribution in [1.82, 2.24) is 14.7 Å². The molecule has 0 fully saturated rings. The zero-order valence-corrected chi connectivity index (χ0v) is 15.1. The maximum atomic E-state index is 13.1. The van der Waals surface area contributed by atoms with Crippen LogP contribution >= 0.6 is 0 Å². The SMILES string of the molecule is CC(c1ccc(F)cc1)N(C)C(=O)CCn1[nH]c(=O)c2ccccc2c1=O. The third-order valence-corrected chi connectivity index (χ3v) is 4.76. The molecule has 7 heteroatoms. The number of rotatable bonds is 5. The summed E-state index contributed by atoms with van der Waals surface area (Å²) in [4.78, 5) is 38.6. The Hall–Kier alpha value is -3.22. The van der Waals surface area contributed by atoms with E-state index in [1.807, 2.05) is 6.92 Å². The van der Waals surface area contributed by atoms with Gasteiger partial charge in [-0.05, 0) is 36.8 Å². The van der Waals surface area contributed by atoms with Gasteiger partial charge in [0.05, 0.1) is 23.4 Å². The van der Waals surface area contributed by atoms with Crippen molar-refractivity contribution in [1.29, 1.82) is 0 Å². The van der Waals surface area contributed by atoms with Crippen molar-refractivity contribution >= 4 is 16.7 Å². The molecule has 1 amide bonds. The lowest BCUT2D eigenvalue weighted by Gasteiger charge is -2.25. The van der Waals surface area contributed by atoms with E-state index >= 15 is 0 Å². The van der Waals surface area contributed by atoms with E-state index < -0.39 is 0 Å². The van der Waals surface area contributed by atoms with Crippen LogP contribution in [0.4, 0.5) is 4.39 Å². The van der Waals surface area contributed by atoms with Crippen molar-refractivity contribution in [2.24, 2.45) is 0 Å². The van der Waals surface area contributed by atoms with E-state index in [1.165, 1.54) is 21.7 Å². The number of fused-ring (bicyclic) bond motifs is 1. The molecule has 6 nitrogen and oxygen atoms in total. The lowest BCUT2D eigenvalue weighted by atomic mass is 10.1. The van der Waals surface area contributed by atoms with Crippen LogP contribution in [0.3, 0.4) is 0 Å². The number of aromatic amines is 1. The van der Waals surface area contributed by atoms with E-state index in [0.717, 1.165) is 5.56 Å². The van der Waals surface area contributed by atoms with E-state index in [9.17, 15) is 18.8 Å². The molecule has 1 atom stereocenters. The van der Waals surface area contributed by atoms with Gasteiger partial charge in [-0.1, -0.05) is 24.3 Å². The Morgan fingerprint density at radius 2 is 1.74 bits per heavy atom. The van der Waals surface area contributed by atoms with E-state index in [1.54, 1.807) is 43.4 Å². The Labute approximate surface area is 154 Å². The Morgan fingerprint density at radius 3 is 2.41 bits per heavy atom. The Kier molecular flexibility index (Phi) is 5.21. The molecule has 140 valence electrons. The van der Waals surface area contributed by atoms with Crippen molar-refractivity contribution in [2.75, 3.05) is 7.05 Å². The molecule has 1 N–H and O–H groups in total. The summed E-state index contributed by atoms with van der Waals surface area (Å²) in [6.07, 6.45) is 0.0518. The quantitative estimate of drug-likeness (QED) is 0.751. The minimum Gasteiger partial charge on any atom is -0.339 e. The number of amides is 1. The summed E-state index contributed by atoms with van der Waals surface area (Å²) in [5, 5.41) is 3.16. The fraction of sp³-hybridized carbons (Fsp3) is 0.250. The minimum atomic E-state index is -0.370. The highest BCUT2D eigenvalue weighted by atomic mass is 19.1. The smallest absolute Gasteiger partial charge is 0.273 e. The number of H-pyrrole nitrogens is 1. The van der Waals surface area contributed by atoms with Crippen molar-refractivity contribution < 1.29 is 9.18 Å². The van der Waals surface area contributed by atoms with Crippen molar-refractivity contribution in [3.05, 3.63) is 80.6 Å². The first-order chi connectivity index (χ1) is 12.9. The molecule has 0 saturated carbocycles. The Balaban J connectivity index is 1.74. The van der Waals surface area contributed by atoms with Gasteiger partial charge in [0, 0.05) is 13.5 Å². The van der Waals surface area contributed by atoms with Crippen molar-refractivity contribution in [3.8, 4) is 0 Å². The zero-order valence-electron chi connectivity index (χ0n) is 15.1. The highest BCUT2D eigenvalue weighted by Gasteiger charge is 2.18. The lowest BCUT2D eigenvalue weighted by molar-refractivity contribution is -0.132. The first-order valence-corrected chi connectivity index (χ1v) is 8.61. The van der Waals surface area contributed by atoms with Crippen molar-refractivity contribution in [3.63, 3.8) is 0 Å². The van der Waals surface area contributed by atoms with Crippen LogP contribution in [0.5, 0.6) is 0 Å². The van der Waals surface area contributed by atoms with Gasteiger partial charge in [-0.2, -0.15) is 0 Å². The molecule has 0 aliphatic rings. The van der Waals surface area contributed by atoms with Crippen LogP contribution in [0.1, 0.15) is 24.9 Å². The predicted molar refractivity (Wildman–Crippen MR) is 101 cm³/mol. The number of benzene rings is 2. The van der Waals surface area contributed by atoms with Crippen LogP contribution in [0.2, 0.25) is 0 Å². The average molecular weight is 369 g/mol. The molecule has 3 aromatic rings. The minimum absolute atomic E-state index is 0.0518. The van der Waals surface area contributed by atoms with Gasteiger partial charge in [0.25, 0.3) is 11.1 Å². The van der Waals surface area contributed by atoms with Gasteiger partial charge in [-0.3, -0.25) is 19.5 Å². The summed E-state index contributed by atoms with van der Waals surface area (Å²) in [6.45, 7) is 1.91. The molecular formula is C20H20FN3O3. The largest absolute Gasteiger partial charge is 0.339 e. The molecule has 0 aliphatic carbocycles. The second-order valence-electron chi connectivity index (χ2n) is 6.43. The summed E-state index contributed by atoms with van der Waals surface area (Å²) in [5.74, 6) is -0.521. The summed E-state index contributed by atoms with van der Waals surface area (Å²) < 4.78 is 14.2. The van der Waals surface area contributed by atoms with Gasteiger partial charge in [0.1, 0.15) is 5.82 Å². The van der Waals surface area contributed by atoms with Crippen LogP contribution < -0.4 is 11.1 Å². The monoisotopic (exact) mass is 369 g/mol. The van der Waals surface area contributed by atoms with E-state index in [4.69, 9.17) is 0 Å². The summed E-state index contributed by atoms with van der Waals surface area (Å²) in [7, 11) is 1.66. The van der Waals surface area contributed by atoms with Crippen molar-refractivity contribution in [2.45, 2.75) is 25.9 Å². The van der Waals surface area contributed by atoms with E-state index in [0.29, 0.717) is 10.8 Å². The van der Waals surface area contributed by atoms with Crippen LogP contribution in [0.15, 0.2) is 58.1 Å². The molecule has 1 heterocycles. The molecule has 0 saturated heterocycles. The molecule has 0 aliphatic heterocycles. The van der Waals surface area contributed by atoms with E-state index in [2.05, 4.69) is 5.10 Å². The highest BCUT2D eigenvalue weighted by Crippen LogP contribution is 2.19. The summed E-state index contributed by atoms with van der Waals surface area (Å²) in [6, 6.07) is 12.3. The number of hydrogen-bond acceptors (Lipinski definition) is 3. The summed E-state index contributed by atoms with van der Waals surface area (Å²) in [5.41, 5.74) is 0.0986. The average Bonchev–Trinajstić information content (AvgIpc) is 2.69. The third kappa shape index (κ3) is 3.81. The number of carbonyl (C=O) groups excluding carboxylic acids is 1. The standard InChI is InChI=1S/C20H20FN3O3/c1-13(14-7-9-15(21)10-8-14)23(2)18(25)11-12-24-20(27)17-6-4-3-5-16(17)19(26)22-24/h3-10,13H,11-12H2,1-2H3,(H,22,26). The Morgan fingerprint density at radius 1 is 1.11 bits per heavy atom. The van der Waals surface area contributed by atoms with Crippen LogP contribution in [-0.4, -0.2) is 27.6 Å². The first-order valence-electron chi connectivity index (χ1n) is 8.61. The molecule has 1 aromatic heterocycles. The number of halogens is 1. The molecule has 3 rings (SSSR count). The maximum Gasteiger partial charge on any atom is 0.273 e. The molecule has 0 bridgehead atoms. The zero-order chi connectivity index (χ0) is 19.6.